The van der Waals surface area contributed by atoms with Crippen LogP contribution in [0.25, 0.3) is 0 Å². The van der Waals surface area contributed by atoms with Crippen molar-refractivity contribution in [2.24, 2.45) is 0 Å². The normalized spacial score (nSPS) is 20.3. The van der Waals surface area contributed by atoms with Gasteiger partial charge in [-0.1, -0.05) is 11.6 Å². The van der Waals surface area contributed by atoms with Crippen LogP contribution in [0, 0.1) is 0 Å². The molecule has 8 nitrogen and oxygen atoms in total. The molecule has 0 radical (unpaired) electrons. The SMILES string of the molecule is COc1cc(N)c(Cl)cc1C(=O)N[C@H]1CCN(CCCC(=O)O)C[C@@H]1OC. The second kappa shape index (κ2) is 9.77. The Bertz CT molecular complexity index is 685. The van der Waals surface area contributed by atoms with Gasteiger partial charge in [-0.2, -0.15) is 0 Å². The number of ether oxygens (including phenoxy) is 2. The summed E-state index contributed by atoms with van der Waals surface area (Å²) in [7, 11) is 3.07. The maximum atomic E-state index is 12.7. The van der Waals surface area contributed by atoms with Crippen LogP contribution in [-0.2, 0) is 9.53 Å². The highest BCUT2D eigenvalue weighted by Crippen LogP contribution is 2.29. The van der Waals surface area contributed by atoms with Gasteiger partial charge in [0, 0.05) is 32.7 Å². The monoisotopic (exact) mass is 399 g/mol. The van der Waals surface area contributed by atoms with Crippen molar-refractivity contribution in [3.05, 3.63) is 22.7 Å². The smallest absolute Gasteiger partial charge is 0.303 e. The molecule has 1 aliphatic heterocycles. The van der Waals surface area contributed by atoms with Crippen LogP contribution in [-0.4, -0.2) is 67.9 Å². The maximum Gasteiger partial charge on any atom is 0.303 e. The second-order valence-corrected chi connectivity index (χ2v) is 6.92. The fraction of sp³-hybridized carbons (Fsp3) is 0.556. The molecule has 9 heteroatoms. The Morgan fingerprint density at radius 3 is 2.78 bits per heavy atom. The number of carboxylic acids is 1. The molecule has 27 heavy (non-hydrogen) atoms. The zero-order valence-electron chi connectivity index (χ0n) is 15.5. The third-order valence-corrected chi connectivity index (χ3v) is 5.02. The van der Waals surface area contributed by atoms with Gasteiger partial charge >= 0.3 is 5.97 Å². The van der Waals surface area contributed by atoms with Crippen LogP contribution in [0.15, 0.2) is 12.1 Å². The van der Waals surface area contributed by atoms with Crippen LogP contribution in [0.2, 0.25) is 5.02 Å². The van der Waals surface area contributed by atoms with Crippen LogP contribution < -0.4 is 15.8 Å². The topological polar surface area (TPSA) is 114 Å². The molecule has 1 saturated heterocycles. The van der Waals surface area contributed by atoms with Crippen LogP contribution >= 0.6 is 11.6 Å². The van der Waals surface area contributed by atoms with Crippen molar-refractivity contribution in [2.45, 2.75) is 31.4 Å². The summed E-state index contributed by atoms with van der Waals surface area (Å²) >= 11 is 6.04. The number of nitrogens with one attached hydrogen (secondary N) is 1. The zero-order chi connectivity index (χ0) is 20.0. The second-order valence-electron chi connectivity index (χ2n) is 6.51. The number of hydrogen-bond acceptors (Lipinski definition) is 6. The van der Waals surface area contributed by atoms with E-state index in [0.29, 0.717) is 42.9 Å². The number of rotatable bonds is 8. The van der Waals surface area contributed by atoms with Gasteiger partial charge in [-0.15, -0.1) is 0 Å². The molecule has 4 N–H and O–H groups in total. The predicted molar refractivity (Wildman–Crippen MR) is 102 cm³/mol. The highest BCUT2D eigenvalue weighted by Gasteiger charge is 2.31. The van der Waals surface area contributed by atoms with Gasteiger partial charge in [0.15, 0.2) is 0 Å². The van der Waals surface area contributed by atoms with Crippen LogP contribution in [0.5, 0.6) is 5.75 Å². The molecular formula is C18H26ClN3O5. The summed E-state index contributed by atoms with van der Waals surface area (Å²) in [4.78, 5) is 25.5. The Balaban J connectivity index is 2.00. The lowest BCUT2D eigenvalue weighted by Crippen LogP contribution is -2.54. The van der Waals surface area contributed by atoms with Gasteiger partial charge in [0.05, 0.1) is 35.5 Å². The number of methoxy groups -OCH3 is 2. The number of nitrogens with zero attached hydrogens (tertiary/aromatic N) is 1. The van der Waals surface area contributed by atoms with E-state index in [0.717, 1.165) is 6.54 Å². The van der Waals surface area contributed by atoms with Crippen molar-refractivity contribution < 1.29 is 24.2 Å². The molecule has 0 spiro atoms. The van der Waals surface area contributed by atoms with Crippen molar-refractivity contribution >= 4 is 29.2 Å². The molecule has 1 aromatic rings. The standard InChI is InChI=1S/C18H26ClN3O5/c1-26-15-9-13(20)12(19)8-11(15)18(25)21-14-5-7-22(10-16(14)27-2)6-3-4-17(23)24/h8-9,14,16H,3-7,10,20H2,1-2H3,(H,21,25)(H,23,24)/t14-,16-/m0/s1. The van der Waals surface area contributed by atoms with Crippen LogP contribution in [0.3, 0.4) is 0 Å². The summed E-state index contributed by atoms with van der Waals surface area (Å²) in [6.07, 6.45) is 1.24. The molecule has 0 bridgehead atoms. The summed E-state index contributed by atoms with van der Waals surface area (Å²) in [6, 6.07) is 2.85. The van der Waals surface area contributed by atoms with E-state index in [9.17, 15) is 9.59 Å². The Labute approximate surface area is 163 Å². The van der Waals surface area contributed by atoms with E-state index in [1.807, 2.05) is 0 Å². The number of carboxylic acid groups (broad SMARTS) is 1. The zero-order valence-corrected chi connectivity index (χ0v) is 16.3. The number of halogens is 1. The molecule has 2 rings (SSSR count). The highest BCUT2D eigenvalue weighted by atomic mass is 35.5. The average molecular weight is 400 g/mol. The number of piperidine rings is 1. The number of nitrogens with two attached hydrogens (primary N) is 1. The van der Waals surface area contributed by atoms with E-state index in [1.54, 1.807) is 7.11 Å². The fourth-order valence-electron chi connectivity index (χ4n) is 3.20. The van der Waals surface area contributed by atoms with E-state index in [1.165, 1.54) is 19.2 Å². The fourth-order valence-corrected chi connectivity index (χ4v) is 3.37. The Morgan fingerprint density at radius 1 is 1.41 bits per heavy atom. The van der Waals surface area contributed by atoms with Gasteiger partial charge in [-0.3, -0.25) is 9.59 Å². The molecule has 150 valence electrons. The van der Waals surface area contributed by atoms with Crippen LogP contribution in [0.1, 0.15) is 29.6 Å². The lowest BCUT2D eigenvalue weighted by molar-refractivity contribution is -0.137. The minimum atomic E-state index is -0.795. The molecular weight excluding hydrogens is 374 g/mol. The van der Waals surface area contributed by atoms with E-state index < -0.39 is 5.97 Å². The molecule has 1 fully saturated rings. The first kappa shape index (κ1) is 21.3. The Morgan fingerprint density at radius 2 is 2.15 bits per heavy atom. The van der Waals surface area contributed by atoms with E-state index in [2.05, 4.69) is 10.2 Å². The average Bonchev–Trinajstić information content (AvgIpc) is 2.64. The van der Waals surface area contributed by atoms with Crippen molar-refractivity contribution in [1.29, 1.82) is 0 Å². The summed E-state index contributed by atoms with van der Waals surface area (Å²) in [6.45, 7) is 2.07. The Kier molecular flexibility index (Phi) is 7.70. The number of carbonyl (C=O) groups is 2. The predicted octanol–water partition coefficient (Wildman–Crippen LogP) is 1.61. The summed E-state index contributed by atoms with van der Waals surface area (Å²) in [5.41, 5.74) is 6.42. The quantitative estimate of drug-likeness (QED) is 0.569. The lowest BCUT2D eigenvalue weighted by atomic mass is 10.0. The molecule has 1 aromatic carbocycles. The van der Waals surface area contributed by atoms with Gasteiger partial charge in [0.1, 0.15) is 5.75 Å². The van der Waals surface area contributed by atoms with Crippen molar-refractivity contribution in [2.75, 3.05) is 39.6 Å². The van der Waals surface area contributed by atoms with Crippen molar-refractivity contribution in [3.8, 4) is 5.75 Å². The van der Waals surface area contributed by atoms with E-state index >= 15 is 0 Å². The third kappa shape index (κ3) is 5.72. The van der Waals surface area contributed by atoms with Gasteiger partial charge in [0.2, 0.25) is 0 Å². The first-order chi connectivity index (χ1) is 12.8. The summed E-state index contributed by atoms with van der Waals surface area (Å²) in [5.74, 6) is -0.744. The largest absolute Gasteiger partial charge is 0.496 e. The minimum absolute atomic E-state index is 0.145. The minimum Gasteiger partial charge on any atom is -0.496 e. The number of nitrogen functional groups attached to an aromatic ring is 1. The number of carbonyl (C=O) groups excluding carboxylic acids is 1. The van der Waals surface area contributed by atoms with Gasteiger partial charge in [0.25, 0.3) is 5.91 Å². The first-order valence-corrected chi connectivity index (χ1v) is 9.14. The third-order valence-electron chi connectivity index (χ3n) is 4.69. The molecule has 0 unspecified atom stereocenters. The molecule has 2 atom stereocenters. The van der Waals surface area contributed by atoms with Crippen molar-refractivity contribution in [1.82, 2.24) is 10.2 Å². The number of aliphatic carboxylic acids is 1. The molecule has 0 aromatic heterocycles. The Hall–Kier alpha value is -2.03. The van der Waals surface area contributed by atoms with Crippen LogP contribution in [0.4, 0.5) is 5.69 Å². The van der Waals surface area contributed by atoms with E-state index in [4.69, 9.17) is 31.9 Å². The summed E-state index contributed by atoms with van der Waals surface area (Å²) in [5, 5.41) is 12.0. The maximum absolute atomic E-state index is 12.7. The number of benzene rings is 1. The number of likely N-dealkylation sites (tertiary alicyclic amines) is 1. The van der Waals surface area contributed by atoms with Gasteiger partial charge in [-0.05, 0) is 25.5 Å². The molecule has 1 heterocycles. The number of hydrogen-bond donors (Lipinski definition) is 3. The number of anilines is 1. The van der Waals surface area contributed by atoms with E-state index in [-0.39, 0.29) is 29.5 Å². The summed E-state index contributed by atoms with van der Waals surface area (Å²) < 4.78 is 10.8. The van der Waals surface area contributed by atoms with Gasteiger partial charge in [-0.25, -0.2) is 0 Å². The van der Waals surface area contributed by atoms with Crippen molar-refractivity contribution in [3.63, 3.8) is 0 Å². The first-order valence-electron chi connectivity index (χ1n) is 8.76. The molecule has 0 saturated carbocycles. The molecule has 1 aliphatic rings. The lowest BCUT2D eigenvalue weighted by Gasteiger charge is -2.38. The van der Waals surface area contributed by atoms with Gasteiger partial charge < -0.3 is 30.5 Å². The number of amides is 1. The highest BCUT2D eigenvalue weighted by molar-refractivity contribution is 6.33. The molecule has 1 amide bonds. The molecule has 0 aliphatic carbocycles.